The smallest absolute Gasteiger partial charge is 0.263 e. The lowest BCUT2D eigenvalue weighted by molar-refractivity contribution is 0.0947. The van der Waals surface area contributed by atoms with Crippen molar-refractivity contribution in [2.24, 2.45) is 0 Å². The second-order valence-electron chi connectivity index (χ2n) is 6.53. The summed E-state index contributed by atoms with van der Waals surface area (Å²) in [5.74, 6) is -0.339. The molecule has 5 nitrogen and oxygen atoms in total. The molecule has 0 bridgehead atoms. The van der Waals surface area contributed by atoms with Crippen LogP contribution in [0.1, 0.15) is 40.5 Å². The van der Waals surface area contributed by atoms with Crippen LogP contribution >= 0.6 is 11.6 Å². The molecule has 1 saturated carbocycles. The van der Waals surface area contributed by atoms with E-state index in [4.69, 9.17) is 11.6 Å². The summed E-state index contributed by atoms with van der Waals surface area (Å²) in [5.41, 5.74) is 2.54. The first kappa shape index (κ1) is 16.0. The number of pyridine rings is 1. The minimum absolute atomic E-state index is 0.205. The Labute approximate surface area is 149 Å². The summed E-state index contributed by atoms with van der Waals surface area (Å²) in [6.07, 6.45) is 3.79. The molecule has 0 atom stereocenters. The number of aromatic amines is 1. The summed E-state index contributed by atoms with van der Waals surface area (Å²) >= 11 is 6.00. The van der Waals surface area contributed by atoms with Crippen molar-refractivity contribution in [2.75, 3.05) is 0 Å². The van der Waals surface area contributed by atoms with Gasteiger partial charge in [0.15, 0.2) is 0 Å². The lowest BCUT2D eigenvalue weighted by Gasteiger charge is -2.10. The molecular weight excluding hydrogens is 338 g/mol. The second-order valence-corrected chi connectivity index (χ2v) is 6.96. The summed E-state index contributed by atoms with van der Waals surface area (Å²) in [6.45, 7) is 2.11. The topological polar surface area (TPSA) is 66.9 Å². The van der Waals surface area contributed by atoms with E-state index in [1.807, 2.05) is 30.3 Å². The van der Waals surface area contributed by atoms with Crippen molar-refractivity contribution < 1.29 is 4.79 Å². The van der Waals surface area contributed by atoms with Gasteiger partial charge < -0.3 is 14.9 Å². The largest absolute Gasteiger partial charge is 0.357 e. The van der Waals surface area contributed by atoms with Crippen LogP contribution in [0.15, 0.2) is 41.3 Å². The minimum Gasteiger partial charge on any atom is -0.357 e. The van der Waals surface area contributed by atoms with E-state index in [9.17, 15) is 9.59 Å². The molecule has 1 aliphatic carbocycles. The van der Waals surface area contributed by atoms with Crippen LogP contribution in [-0.4, -0.2) is 15.5 Å². The number of fused-ring (bicyclic) bond motifs is 1. The van der Waals surface area contributed by atoms with Gasteiger partial charge in [0.25, 0.3) is 11.5 Å². The quantitative estimate of drug-likeness (QED) is 0.751. The molecule has 0 radical (unpaired) electrons. The number of benzene rings is 1. The molecule has 2 heterocycles. The van der Waals surface area contributed by atoms with Crippen molar-refractivity contribution in [3.8, 4) is 0 Å². The van der Waals surface area contributed by atoms with Crippen molar-refractivity contribution in [1.29, 1.82) is 0 Å². The fourth-order valence-electron chi connectivity index (χ4n) is 3.08. The van der Waals surface area contributed by atoms with Crippen LogP contribution in [0.5, 0.6) is 0 Å². The van der Waals surface area contributed by atoms with Gasteiger partial charge in [-0.3, -0.25) is 9.59 Å². The zero-order chi connectivity index (χ0) is 17.6. The molecule has 2 aromatic heterocycles. The fourth-order valence-corrected chi connectivity index (χ4v) is 3.26. The Hall–Kier alpha value is -2.53. The Morgan fingerprint density at radius 2 is 2.12 bits per heavy atom. The second kappa shape index (κ2) is 6.08. The highest BCUT2D eigenvalue weighted by Crippen LogP contribution is 2.33. The third kappa shape index (κ3) is 3.07. The molecule has 0 unspecified atom stereocenters. The first-order valence-electron chi connectivity index (χ1n) is 8.30. The van der Waals surface area contributed by atoms with Crippen molar-refractivity contribution >= 4 is 28.4 Å². The summed E-state index contributed by atoms with van der Waals surface area (Å²) in [6, 6.07) is 9.61. The van der Waals surface area contributed by atoms with Crippen molar-refractivity contribution in [3.63, 3.8) is 0 Å². The van der Waals surface area contributed by atoms with E-state index in [0.29, 0.717) is 17.1 Å². The van der Waals surface area contributed by atoms with Crippen molar-refractivity contribution in [3.05, 3.63) is 68.7 Å². The number of rotatable bonds is 4. The molecule has 1 aromatic carbocycles. The number of nitrogens with zero attached hydrogens (tertiary/aromatic N) is 1. The maximum atomic E-state index is 12.6. The zero-order valence-corrected chi connectivity index (χ0v) is 14.6. The van der Waals surface area contributed by atoms with Crippen molar-refractivity contribution in [2.45, 2.75) is 32.4 Å². The highest BCUT2D eigenvalue weighted by Gasteiger charge is 2.26. The highest BCUT2D eigenvalue weighted by atomic mass is 35.5. The monoisotopic (exact) mass is 355 g/mol. The summed E-state index contributed by atoms with van der Waals surface area (Å²) in [7, 11) is 0. The van der Waals surface area contributed by atoms with Gasteiger partial charge in [-0.15, -0.1) is 0 Å². The molecule has 3 aromatic rings. The zero-order valence-electron chi connectivity index (χ0n) is 13.8. The highest BCUT2D eigenvalue weighted by molar-refractivity contribution is 6.31. The standard InChI is InChI=1S/C19H18ClN3O2/c1-11-6-7-23(15-3-4-15)19(25)17(11)18(24)21-10-14-9-12-8-13(20)2-5-16(12)22-14/h2,5-9,15,22H,3-4,10H2,1H3,(H,21,24). The number of hydrogen-bond donors (Lipinski definition) is 2. The number of H-pyrrole nitrogens is 1. The molecule has 128 valence electrons. The lowest BCUT2D eigenvalue weighted by atomic mass is 10.1. The Kier molecular flexibility index (Phi) is 3.88. The summed E-state index contributed by atoms with van der Waals surface area (Å²) in [5, 5.41) is 4.50. The van der Waals surface area contributed by atoms with E-state index in [1.165, 1.54) is 0 Å². The minimum atomic E-state index is -0.339. The van der Waals surface area contributed by atoms with Gasteiger partial charge >= 0.3 is 0 Å². The summed E-state index contributed by atoms with van der Waals surface area (Å²) in [4.78, 5) is 28.4. The molecule has 2 N–H and O–H groups in total. The lowest BCUT2D eigenvalue weighted by Crippen LogP contribution is -2.33. The average molecular weight is 356 g/mol. The molecule has 1 fully saturated rings. The molecule has 0 saturated heterocycles. The fraction of sp³-hybridized carbons (Fsp3) is 0.263. The molecular formula is C19H18ClN3O2. The van der Waals surface area contributed by atoms with Crippen molar-refractivity contribution in [1.82, 2.24) is 14.9 Å². The Morgan fingerprint density at radius 3 is 2.88 bits per heavy atom. The van der Waals surface area contributed by atoms with Gasteiger partial charge in [-0.05, 0) is 55.7 Å². The molecule has 25 heavy (non-hydrogen) atoms. The number of halogens is 1. The molecule has 1 amide bonds. The van der Waals surface area contributed by atoms with Gasteiger partial charge in [-0.1, -0.05) is 11.6 Å². The first-order chi connectivity index (χ1) is 12.0. The van der Waals surface area contributed by atoms with Crippen LogP contribution in [0.25, 0.3) is 10.9 Å². The van der Waals surface area contributed by atoms with Crippen LogP contribution in [-0.2, 0) is 6.54 Å². The van der Waals surface area contributed by atoms with Crippen LogP contribution < -0.4 is 10.9 Å². The number of amides is 1. The average Bonchev–Trinajstić information content (AvgIpc) is 3.32. The number of aryl methyl sites for hydroxylation is 1. The van der Waals surface area contributed by atoms with E-state index >= 15 is 0 Å². The summed E-state index contributed by atoms with van der Waals surface area (Å²) < 4.78 is 1.67. The molecule has 1 aliphatic rings. The Bertz CT molecular complexity index is 1030. The van der Waals surface area contributed by atoms with Gasteiger partial charge in [0.1, 0.15) is 5.56 Å². The third-order valence-corrected chi connectivity index (χ3v) is 4.81. The SMILES string of the molecule is Cc1ccn(C2CC2)c(=O)c1C(=O)NCc1cc2cc(Cl)ccc2[nH]1. The van der Waals surface area contributed by atoms with E-state index in [-0.39, 0.29) is 23.1 Å². The van der Waals surface area contributed by atoms with Gasteiger partial charge in [0.2, 0.25) is 0 Å². The Balaban J connectivity index is 1.55. The number of hydrogen-bond acceptors (Lipinski definition) is 2. The van der Waals surface area contributed by atoms with Gasteiger partial charge in [-0.25, -0.2) is 0 Å². The number of carbonyl (C=O) groups excluding carboxylic acids is 1. The molecule has 0 spiro atoms. The van der Waals surface area contributed by atoms with E-state index in [0.717, 1.165) is 29.4 Å². The number of carbonyl (C=O) groups is 1. The number of aromatic nitrogens is 2. The van der Waals surface area contributed by atoms with Crippen LogP contribution in [0.4, 0.5) is 0 Å². The maximum Gasteiger partial charge on any atom is 0.263 e. The van der Waals surface area contributed by atoms with Crippen LogP contribution in [0.2, 0.25) is 5.02 Å². The molecule has 6 heteroatoms. The van der Waals surface area contributed by atoms with Gasteiger partial charge in [0, 0.05) is 33.9 Å². The van der Waals surface area contributed by atoms with E-state index in [1.54, 1.807) is 17.7 Å². The normalized spacial score (nSPS) is 14.0. The number of nitrogens with one attached hydrogen (secondary N) is 2. The molecule has 4 rings (SSSR count). The first-order valence-corrected chi connectivity index (χ1v) is 8.68. The van der Waals surface area contributed by atoms with E-state index < -0.39 is 0 Å². The van der Waals surface area contributed by atoms with E-state index in [2.05, 4.69) is 10.3 Å². The third-order valence-electron chi connectivity index (χ3n) is 4.57. The molecule has 0 aliphatic heterocycles. The van der Waals surface area contributed by atoms with Gasteiger partial charge in [0.05, 0.1) is 6.54 Å². The van der Waals surface area contributed by atoms with Gasteiger partial charge in [-0.2, -0.15) is 0 Å². The van der Waals surface area contributed by atoms with Crippen LogP contribution in [0, 0.1) is 6.92 Å². The predicted molar refractivity (Wildman–Crippen MR) is 98.2 cm³/mol. The Morgan fingerprint density at radius 1 is 1.32 bits per heavy atom. The van der Waals surface area contributed by atoms with Crippen LogP contribution in [0.3, 0.4) is 0 Å². The predicted octanol–water partition coefficient (Wildman–Crippen LogP) is 3.56. The maximum absolute atomic E-state index is 12.6.